The smallest absolute Gasteiger partial charge is 0.258 e. The Morgan fingerprint density at radius 3 is 2.80 bits per heavy atom. The SMILES string of the molecule is COc1ccc(OCC(=O)NC2CCCC2)c(CO)c1. The first-order chi connectivity index (χ1) is 9.72. The maximum Gasteiger partial charge on any atom is 0.258 e. The first-order valence-corrected chi connectivity index (χ1v) is 6.93. The van der Waals surface area contributed by atoms with Crippen LogP contribution in [0.4, 0.5) is 0 Å². The molecule has 0 bridgehead atoms. The van der Waals surface area contributed by atoms with E-state index in [1.807, 2.05) is 0 Å². The van der Waals surface area contributed by atoms with Crippen LogP contribution in [0.5, 0.6) is 11.5 Å². The summed E-state index contributed by atoms with van der Waals surface area (Å²) in [5.74, 6) is 1.04. The molecule has 0 saturated heterocycles. The number of hydrogen-bond acceptors (Lipinski definition) is 4. The van der Waals surface area contributed by atoms with Gasteiger partial charge in [0, 0.05) is 11.6 Å². The Morgan fingerprint density at radius 1 is 1.40 bits per heavy atom. The zero-order valence-electron chi connectivity index (χ0n) is 11.7. The molecule has 1 aromatic rings. The van der Waals surface area contributed by atoms with E-state index in [0.717, 1.165) is 12.8 Å². The van der Waals surface area contributed by atoms with Gasteiger partial charge in [-0.05, 0) is 31.0 Å². The summed E-state index contributed by atoms with van der Waals surface area (Å²) in [5.41, 5.74) is 0.609. The summed E-state index contributed by atoms with van der Waals surface area (Å²) >= 11 is 0. The molecule has 0 spiro atoms. The predicted octanol–water partition coefficient (Wildman–Crippen LogP) is 1.63. The lowest BCUT2D eigenvalue weighted by Gasteiger charge is -2.14. The summed E-state index contributed by atoms with van der Waals surface area (Å²) < 4.78 is 10.6. The lowest BCUT2D eigenvalue weighted by Crippen LogP contribution is -2.36. The third-order valence-corrected chi connectivity index (χ3v) is 3.52. The fourth-order valence-corrected chi connectivity index (χ4v) is 2.43. The second-order valence-corrected chi connectivity index (χ2v) is 4.97. The predicted molar refractivity (Wildman–Crippen MR) is 74.8 cm³/mol. The van der Waals surface area contributed by atoms with Crippen LogP contribution in [-0.2, 0) is 11.4 Å². The monoisotopic (exact) mass is 279 g/mol. The van der Waals surface area contributed by atoms with Crippen LogP contribution in [-0.4, -0.2) is 30.8 Å². The van der Waals surface area contributed by atoms with Gasteiger partial charge in [-0.1, -0.05) is 12.8 Å². The van der Waals surface area contributed by atoms with E-state index in [9.17, 15) is 9.90 Å². The summed E-state index contributed by atoms with van der Waals surface area (Å²) in [6.07, 6.45) is 4.46. The van der Waals surface area contributed by atoms with E-state index in [2.05, 4.69) is 5.32 Å². The van der Waals surface area contributed by atoms with Crippen LogP contribution in [0.3, 0.4) is 0 Å². The van der Waals surface area contributed by atoms with Crippen LogP contribution < -0.4 is 14.8 Å². The zero-order chi connectivity index (χ0) is 14.4. The Kier molecular flexibility index (Phi) is 5.24. The number of carbonyl (C=O) groups is 1. The lowest BCUT2D eigenvalue weighted by atomic mass is 10.2. The molecule has 5 heteroatoms. The fraction of sp³-hybridized carbons (Fsp3) is 0.533. The van der Waals surface area contributed by atoms with Gasteiger partial charge in [-0.25, -0.2) is 0 Å². The van der Waals surface area contributed by atoms with E-state index in [4.69, 9.17) is 9.47 Å². The van der Waals surface area contributed by atoms with Crippen molar-refractivity contribution in [2.75, 3.05) is 13.7 Å². The van der Waals surface area contributed by atoms with Gasteiger partial charge in [-0.2, -0.15) is 0 Å². The van der Waals surface area contributed by atoms with Crippen LogP contribution in [0.25, 0.3) is 0 Å². The van der Waals surface area contributed by atoms with Gasteiger partial charge in [0.05, 0.1) is 13.7 Å². The molecule has 1 fully saturated rings. The van der Waals surface area contributed by atoms with E-state index < -0.39 is 0 Å². The average molecular weight is 279 g/mol. The third-order valence-electron chi connectivity index (χ3n) is 3.52. The molecule has 0 radical (unpaired) electrons. The van der Waals surface area contributed by atoms with Crippen molar-refractivity contribution in [3.63, 3.8) is 0 Å². The Balaban J connectivity index is 1.87. The Morgan fingerprint density at radius 2 is 2.15 bits per heavy atom. The number of aliphatic hydroxyl groups excluding tert-OH is 1. The maximum absolute atomic E-state index is 11.8. The minimum Gasteiger partial charge on any atom is -0.497 e. The van der Waals surface area contributed by atoms with Crippen LogP contribution in [0.1, 0.15) is 31.2 Å². The van der Waals surface area contributed by atoms with Gasteiger partial charge in [-0.3, -0.25) is 4.79 Å². The Bertz CT molecular complexity index is 455. The van der Waals surface area contributed by atoms with Crippen molar-refractivity contribution >= 4 is 5.91 Å². The molecule has 1 aromatic carbocycles. The normalized spacial score (nSPS) is 15.1. The summed E-state index contributed by atoms with van der Waals surface area (Å²) in [5, 5.41) is 12.3. The number of nitrogens with one attached hydrogen (secondary N) is 1. The molecule has 0 aliphatic heterocycles. The highest BCUT2D eigenvalue weighted by Gasteiger charge is 2.17. The molecule has 1 aliphatic rings. The average Bonchev–Trinajstić information content (AvgIpc) is 2.97. The molecule has 0 heterocycles. The lowest BCUT2D eigenvalue weighted by molar-refractivity contribution is -0.123. The largest absolute Gasteiger partial charge is 0.497 e. The van der Waals surface area contributed by atoms with Gasteiger partial charge in [0.15, 0.2) is 6.61 Å². The number of aliphatic hydroxyl groups is 1. The summed E-state index contributed by atoms with van der Waals surface area (Å²) in [6.45, 7) is -0.188. The molecule has 0 aromatic heterocycles. The number of carbonyl (C=O) groups excluding carboxylic acids is 1. The van der Waals surface area contributed by atoms with Gasteiger partial charge >= 0.3 is 0 Å². The third kappa shape index (κ3) is 3.87. The molecule has 1 aliphatic carbocycles. The molecule has 1 amide bonds. The van der Waals surface area contributed by atoms with E-state index in [1.54, 1.807) is 25.3 Å². The molecule has 1 saturated carbocycles. The number of methoxy groups -OCH3 is 1. The van der Waals surface area contributed by atoms with E-state index in [-0.39, 0.29) is 19.1 Å². The summed E-state index contributed by atoms with van der Waals surface area (Å²) in [4.78, 5) is 11.8. The highest BCUT2D eigenvalue weighted by Crippen LogP contribution is 2.24. The number of amides is 1. The molecule has 20 heavy (non-hydrogen) atoms. The molecule has 0 unspecified atom stereocenters. The number of benzene rings is 1. The second-order valence-electron chi connectivity index (χ2n) is 4.97. The van der Waals surface area contributed by atoms with Crippen molar-refractivity contribution in [2.24, 2.45) is 0 Å². The second kappa shape index (κ2) is 7.14. The summed E-state index contributed by atoms with van der Waals surface area (Å²) in [7, 11) is 1.56. The fourth-order valence-electron chi connectivity index (χ4n) is 2.43. The van der Waals surface area contributed by atoms with Gasteiger partial charge in [0.2, 0.25) is 0 Å². The quantitative estimate of drug-likeness (QED) is 0.830. The maximum atomic E-state index is 11.8. The van der Waals surface area contributed by atoms with E-state index in [1.165, 1.54) is 12.8 Å². The Hall–Kier alpha value is -1.75. The minimum absolute atomic E-state index is 0.0319. The minimum atomic E-state index is -0.156. The summed E-state index contributed by atoms with van der Waals surface area (Å²) in [6, 6.07) is 5.43. The molecular formula is C15H21NO4. The van der Waals surface area contributed by atoms with Crippen LogP contribution in [0.15, 0.2) is 18.2 Å². The Labute approximate surface area is 118 Å². The van der Waals surface area contributed by atoms with Gasteiger partial charge in [0.25, 0.3) is 5.91 Å². The molecule has 5 nitrogen and oxygen atoms in total. The van der Waals surface area contributed by atoms with Crippen molar-refractivity contribution in [3.05, 3.63) is 23.8 Å². The van der Waals surface area contributed by atoms with Gasteiger partial charge < -0.3 is 19.9 Å². The van der Waals surface area contributed by atoms with Crippen LogP contribution >= 0.6 is 0 Å². The van der Waals surface area contributed by atoms with Crippen LogP contribution in [0.2, 0.25) is 0 Å². The molecule has 110 valence electrons. The number of hydrogen-bond donors (Lipinski definition) is 2. The highest BCUT2D eigenvalue weighted by atomic mass is 16.5. The molecule has 2 rings (SSSR count). The molecule has 2 N–H and O–H groups in total. The van der Waals surface area contributed by atoms with E-state index >= 15 is 0 Å². The highest BCUT2D eigenvalue weighted by molar-refractivity contribution is 5.77. The number of ether oxygens (including phenoxy) is 2. The standard InChI is InChI=1S/C15H21NO4/c1-19-13-6-7-14(11(8-13)9-17)20-10-15(18)16-12-4-2-3-5-12/h6-8,12,17H,2-5,9-10H2,1H3,(H,16,18). The van der Waals surface area contributed by atoms with Crippen molar-refractivity contribution in [3.8, 4) is 11.5 Å². The zero-order valence-corrected chi connectivity index (χ0v) is 11.7. The van der Waals surface area contributed by atoms with Crippen molar-refractivity contribution in [2.45, 2.75) is 38.3 Å². The number of rotatable bonds is 6. The van der Waals surface area contributed by atoms with Gasteiger partial charge in [0.1, 0.15) is 11.5 Å². The van der Waals surface area contributed by atoms with Crippen molar-refractivity contribution < 1.29 is 19.4 Å². The van der Waals surface area contributed by atoms with Crippen LogP contribution in [0, 0.1) is 0 Å². The van der Waals surface area contributed by atoms with E-state index in [0.29, 0.717) is 23.1 Å². The molecular weight excluding hydrogens is 258 g/mol. The van der Waals surface area contributed by atoms with Crippen molar-refractivity contribution in [1.82, 2.24) is 5.32 Å². The first-order valence-electron chi connectivity index (χ1n) is 6.93. The first kappa shape index (κ1) is 14.7. The topological polar surface area (TPSA) is 67.8 Å². The van der Waals surface area contributed by atoms with Crippen molar-refractivity contribution in [1.29, 1.82) is 0 Å². The van der Waals surface area contributed by atoms with Gasteiger partial charge in [-0.15, -0.1) is 0 Å². The molecule has 0 atom stereocenters.